The normalized spacial score (nSPS) is 12.3. The molecule has 4 rings (SSSR count). The number of aliphatic carboxylic acids is 1. The standard InChI is InChI=1S/C25H33N7O3.C2HF3O2/c1-4-32-23-19(34-12-8-11-27-18(15-33)13-16(2)3)14-28-20(17-9-6-5-7-10-17)21(23)29-25(32)22-24(26)31-35-30-22;3-2(4,5)1(6)7/h5-7,9-10,14,16,18,27,33H,4,8,11-13,15H2,1-3H3,(H2,26,31);(H,6,7)/t18-;/m0./s1. The number of carboxylic acid groups (broad SMARTS) is 1. The molecule has 1 atom stereocenters. The predicted octanol–water partition coefficient (Wildman–Crippen LogP) is 4.15. The van der Waals surface area contributed by atoms with Crippen LogP contribution in [0.15, 0.2) is 41.2 Å². The summed E-state index contributed by atoms with van der Waals surface area (Å²) in [5, 5.41) is 27.8. The Kier molecular flexibility index (Phi) is 11.2. The third kappa shape index (κ3) is 8.16. The number of benzene rings is 1. The smallest absolute Gasteiger partial charge is 0.490 e. The topological polar surface area (TPSA) is 174 Å². The summed E-state index contributed by atoms with van der Waals surface area (Å²) in [6.45, 7) is 8.30. The van der Waals surface area contributed by atoms with Crippen molar-refractivity contribution in [1.82, 2.24) is 30.2 Å². The van der Waals surface area contributed by atoms with Crippen LogP contribution in [0, 0.1) is 5.92 Å². The van der Waals surface area contributed by atoms with E-state index in [9.17, 15) is 18.3 Å². The van der Waals surface area contributed by atoms with Crippen molar-refractivity contribution in [3.63, 3.8) is 0 Å². The van der Waals surface area contributed by atoms with E-state index >= 15 is 0 Å². The maximum Gasteiger partial charge on any atom is 0.490 e. The molecular formula is C27H34F3N7O5. The number of ether oxygens (including phenoxy) is 1. The van der Waals surface area contributed by atoms with Gasteiger partial charge in [-0.05, 0) is 42.5 Å². The van der Waals surface area contributed by atoms with Crippen molar-refractivity contribution in [2.75, 3.05) is 25.5 Å². The number of aromatic nitrogens is 5. The lowest BCUT2D eigenvalue weighted by molar-refractivity contribution is -0.192. The van der Waals surface area contributed by atoms with Crippen LogP contribution in [0.5, 0.6) is 5.75 Å². The lowest BCUT2D eigenvalue weighted by atomic mass is 10.0. The predicted molar refractivity (Wildman–Crippen MR) is 148 cm³/mol. The van der Waals surface area contributed by atoms with Crippen LogP contribution in [-0.4, -0.2) is 73.0 Å². The van der Waals surface area contributed by atoms with E-state index in [1.807, 2.05) is 41.8 Å². The Labute approximate surface area is 239 Å². The van der Waals surface area contributed by atoms with Crippen LogP contribution < -0.4 is 15.8 Å². The number of aliphatic hydroxyl groups excluding tert-OH is 1. The molecule has 3 heterocycles. The van der Waals surface area contributed by atoms with Gasteiger partial charge in [0, 0.05) is 18.2 Å². The van der Waals surface area contributed by atoms with Gasteiger partial charge in [-0.1, -0.05) is 44.2 Å². The SMILES string of the molecule is CCn1c(-c2nonc2N)nc2c(-c3ccccc3)ncc(OCCCN[C@H](CO)CC(C)C)c21.O=C(O)C(F)(F)F. The number of aliphatic hydroxyl groups is 1. The Morgan fingerprint density at radius 3 is 2.43 bits per heavy atom. The summed E-state index contributed by atoms with van der Waals surface area (Å²) >= 11 is 0. The van der Waals surface area contributed by atoms with E-state index in [0.717, 1.165) is 36.2 Å². The number of nitrogen functional groups attached to an aromatic ring is 1. The van der Waals surface area contributed by atoms with Crippen LogP contribution in [0.25, 0.3) is 33.8 Å². The summed E-state index contributed by atoms with van der Waals surface area (Å²) in [5.41, 5.74) is 9.59. The van der Waals surface area contributed by atoms with E-state index in [2.05, 4.69) is 29.5 Å². The van der Waals surface area contributed by atoms with Gasteiger partial charge in [0.25, 0.3) is 0 Å². The number of nitrogens with two attached hydrogens (primary N) is 1. The van der Waals surface area contributed by atoms with Crippen molar-refractivity contribution in [1.29, 1.82) is 0 Å². The van der Waals surface area contributed by atoms with Gasteiger partial charge >= 0.3 is 12.1 Å². The van der Waals surface area contributed by atoms with Crippen molar-refractivity contribution >= 4 is 22.8 Å². The Balaban J connectivity index is 0.000000616. The minimum atomic E-state index is -5.08. The third-order valence-corrected chi connectivity index (χ3v) is 6.06. The molecule has 0 radical (unpaired) electrons. The monoisotopic (exact) mass is 593 g/mol. The van der Waals surface area contributed by atoms with E-state index in [1.165, 1.54) is 0 Å². The van der Waals surface area contributed by atoms with Crippen LogP contribution in [0.3, 0.4) is 0 Å². The van der Waals surface area contributed by atoms with Gasteiger partial charge in [0.2, 0.25) is 0 Å². The highest BCUT2D eigenvalue weighted by Crippen LogP contribution is 2.36. The van der Waals surface area contributed by atoms with Gasteiger partial charge in [-0.2, -0.15) is 13.2 Å². The van der Waals surface area contributed by atoms with Gasteiger partial charge in [0.05, 0.1) is 25.1 Å². The number of alkyl halides is 3. The minimum Gasteiger partial charge on any atom is -0.490 e. The zero-order valence-corrected chi connectivity index (χ0v) is 23.4. The fraction of sp³-hybridized carbons (Fsp3) is 0.444. The molecule has 0 aliphatic carbocycles. The first-order chi connectivity index (χ1) is 20.0. The number of imidazole rings is 1. The van der Waals surface area contributed by atoms with E-state index in [1.54, 1.807) is 6.20 Å². The summed E-state index contributed by atoms with van der Waals surface area (Å²) in [6, 6.07) is 10.00. The van der Waals surface area contributed by atoms with Crippen molar-refractivity contribution in [3.05, 3.63) is 36.5 Å². The molecule has 0 saturated carbocycles. The third-order valence-electron chi connectivity index (χ3n) is 6.06. The molecule has 0 bridgehead atoms. The molecule has 0 saturated heterocycles. The number of anilines is 1. The number of hydrogen-bond acceptors (Lipinski definition) is 10. The van der Waals surface area contributed by atoms with Crippen LogP contribution >= 0.6 is 0 Å². The van der Waals surface area contributed by atoms with Gasteiger partial charge in [-0.3, -0.25) is 0 Å². The molecular weight excluding hydrogens is 559 g/mol. The number of pyridine rings is 1. The second-order valence-corrected chi connectivity index (χ2v) is 9.68. The van der Waals surface area contributed by atoms with Crippen LogP contribution in [0.2, 0.25) is 0 Å². The Morgan fingerprint density at radius 1 is 1.19 bits per heavy atom. The highest BCUT2D eigenvalue weighted by atomic mass is 19.4. The molecule has 0 aliphatic heterocycles. The van der Waals surface area contributed by atoms with Crippen LogP contribution in [0.1, 0.15) is 33.6 Å². The number of hydrogen-bond donors (Lipinski definition) is 4. The molecule has 0 aliphatic rings. The van der Waals surface area contributed by atoms with Gasteiger partial charge in [0.15, 0.2) is 23.1 Å². The Bertz CT molecular complexity index is 1440. The van der Waals surface area contributed by atoms with Gasteiger partial charge < -0.3 is 30.6 Å². The minimum absolute atomic E-state index is 0.0964. The van der Waals surface area contributed by atoms with Crippen molar-refractivity contribution < 1.29 is 37.5 Å². The number of halogens is 3. The number of carboxylic acids is 1. The zero-order chi connectivity index (χ0) is 30.9. The van der Waals surface area contributed by atoms with Crippen molar-refractivity contribution in [3.8, 4) is 28.5 Å². The number of rotatable bonds is 12. The van der Waals surface area contributed by atoms with Gasteiger partial charge in [0.1, 0.15) is 11.0 Å². The zero-order valence-electron chi connectivity index (χ0n) is 23.4. The van der Waals surface area contributed by atoms with Crippen LogP contribution in [-0.2, 0) is 11.3 Å². The summed E-state index contributed by atoms with van der Waals surface area (Å²) < 4.78 is 44.8. The molecule has 3 aromatic heterocycles. The number of aryl methyl sites for hydroxylation is 1. The molecule has 15 heteroatoms. The first kappa shape index (κ1) is 32.3. The lowest BCUT2D eigenvalue weighted by Gasteiger charge is -2.18. The fourth-order valence-corrected chi connectivity index (χ4v) is 4.22. The Morgan fingerprint density at radius 2 is 1.88 bits per heavy atom. The average molecular weight is 594 g/mol. The Hall–Kier alpha value is -4.24. The van der Waals surface area contributed by atoms with Crippen molar-refractivity contribution in [2.24, 2.45) is 5.92 Å². The maximum atomic E-state index is 10.6. The number of nitrogens with one attached hydrogen (secondary N) is 1. The highest BCUT2D eigenvalue weighted by molar-refractivity contribution is 5.95. The summed E-state index contributed by atoms with van der Waals surface area (Å²) in [5.74, 6) is -0.866. The molecule has 5 N–H and O–H groups in total. The largest absolute Gasteiger partial charge is 0.490 e. The number of carbonyl (C=O) groups is 1. The van der Waals surface area contributed by atoms with Crippen LogP contribution in [0.4, 0.5) is 19.0 Å². The van der Waals surface area contributed by atoms with E-state index < -0.39 is 12.1 Å². The first-order valence-electron chi connectivity index (χ1n) is 13.3. The van der Waals surface area contributed by atoms with Gasteiger partial charge in [-0.15, -0.1) is 0 Å². The summed E-state index contributed by atoms with van der Waals surface area (Å²) in [4.78, 5) is 18.5. The average Bonchev–Trinajstić information content (AvgIpc) is 3.55. The van der Waals surface area contributed by atoms with E-state index in [-0.39, 0.29) is 18.5 Å². The fourth-order valence-electron chi connectivity index (χ4n) is 4.22. The summed E-state index contributed by atoms with van der Waals surface area (Å²) in [7, 11) is 0. The molecule has 228 valence electrons. The first-order valence-corrected chi connectivity index (χ1v) is 13.3. The van der Waals surface area contributed by atoms with Crippen molar-refractivity contribution in [2.45, 2.75) is 52.4 Å². The van der Waals surface area contributed by atoms with E-state index in [4.69, 9.17) is 35.0 Å². The lowest BCUT2D eigenvalue weighted by Crippen LogP contribution is -2.34. The van der Waals surface area contributed by atoms with E-state index in [0.29, 0.717) is 41.9 Å². The molecule has 0 amide bonds. The second-order valence-electron chi connectivity index (χ2n) is 9.68. The molecule has 42 heavy (non-hydrogen) atoms. The molecule has 0 spiro atoms. The van der Waals surface area contributed by atoms with Gasteiger partial charge in [-0.25, -0.2) is 19.4 Å². The summed E-state index contributed by atoms with van der Waals surface area (Å²) in [6.07, 6.45) is -1.62. The molecule has 12 nitrogen and oxygen atoms in total. The molecule has 1 aromatic carbocycles. The quantitative estimate of drug-likeness (QED) is 0.174. The molecule has 0 fully saturated rings. The highest BCUT2D eigenvalue weighted by Gasteiger charge is 2.38. The molecule has 4 aromatic rings. The maximum absolute atomic E-state index is 10.6. The molecule has 0 unspecified atom stereocenters. The number of nitrogens with zero attached hydrogens (tertiary/aromatic N) is 5. The second kappa shape index (κ2) is 14.6. The number of fused-ring (bicyclic) bond motifs is 1.